The van der Waals surface area contributed by atoms with Gasteiger partial charge in [-0.15, -0.1) is 0 Å². The van der Waals surface area contributed by atoms with E-state index in [9.17, 15) is 10.1 Å². The Morgan fingerprint density at radius 1 is 1.57 bits per heavy atom. The molecule has 2 N–H and O–H groups in total. The maximum absolute atomic E-state index is 11.0. The number of oxazole rings is 1. The van der Waals surface area contributed by atoms with Crippen molar-refractivity contribution in [3.8, 4) is 0 Å². The molecule has 0 bridgehead atoms. The lowest BCUT2D eigenvalue weighted by molar-refractivity contribution is -0.383. The Labute approximate surface area is 121 Å². The SMILES string of the molecule is CC1(CNc2nc3c([N+](=O)[O-])cccc3o2)CCCNC1. The van der Waals surface area contributed by atoms with E-state index in [2.05, 4.69) is 22.5 Å². The molecule has 1 unspecified atom stereocenters. The molecule has 1 atom stereocenters. The Bertz CT molecular complexity index is 661. The molecule has 1 fully saturated rings. The van der Waals surface area contributed by atoms with Gasteiger partial charge in [0.2, 0.25) is 0 Å². The van der Waals surface area contributed by atoms with Crippen molar-refractivity contribution >= 4 is 22.8 Å². The molecule has 0 amide bonds. The van der Waals surface area contributed by atoms with E-state index in [1.165, 1.54) is 6.07 Å². The molecule has 1 saturated heterocycles. The number of nitro benzene ring substituents is 1. The molecule has 7 heteroatoms. The highest BCUT2D eigenvalue weighted by Crippen LogP contribution is 2.29. The summed E-state index contributed by atoms with van der Waals surface area (Å²) in [5.74, 6) is 0. The van der Waals surface area contributed by atoms with Gasteiger partial charge in [0.1, 0.15) is 0 Å². The van der Waals surface area contributed by atoms with E-state index in [1.807, 2.05) is 0 Å². The Balaban J connectivity index is 1.78. The first-order valence-electron chi connectivity index (χ1n) is 7.06. The van der Waals surface area contributed by atoms with Gasteiger partial charge in [0.05, 0.1) is 4.92 Å². The molecular weight excluding hydrogens is 272 g/mol. The van der Waals surface area contributed by atoms with E-state index in [4.69, 9.17) is 4.42 Å². The smallest absolute Gasteiger partial charge is 0.298 e. The number of non-ortho nitro benzene ring substituents is 1. The molecule has 0 radical (unpaired) electrons. The van der Waals surface area contributed by atoms with Crippen LogP contribution in [0.25, 0.3) is 11.1 Å². The lowest BCUT2D eigenvalue weighted by atomic mass is 9.83. The van der Waals surface area contributed by atoms with Crippen molar-refractivity contribution in [1.29, 1.82) is 0 Å². The second-order valence-electron chi connectivity index (χ2n) is 5.84. The molecule has 0 spiro atoms. The number of nitrogens with zero attached hydrogens (tertiary/aromatic N) is 2. The van der Waals surface area contributed by atoms with Gasteiger partial charge >= 0.3 is 0 Å². The van der Waals surface area contributed by atoms with Gasteiger partial charge < -0.3 is 15.1 Å². The average molecular weight is 290 g/mol. The van der Waals surface area contributed by atoms with E-state index in [0.29, 0.717) is 11.6 Å². The highest BCUT2D eigenvalue weighted by molar-refractivity contribution is 5.83. The van der Waals surface area contributed by atoms with Crippen molar-refractivity contribution < 1.29 is 9.34 Å². The fraction of sp³-hybridized carbons (Fsp3) is 0.500. The van der Waals surface area contributed by atoms with Crippen LogP contribution in [0.5, 0.6) is 0 Å². The molecule has 3 rings (SSSR count). The topological polar surface area (TPSA) is 93.2 Å². The summed E-state index contributed by atoms with van der Waals surface area (Å²) < 4.78 is 5.55. The van der Waals surface area contributed by atoms with Crippen LogP contribution in [0.15, 0.2) is 22.6 Å². The van der Waals surface area contributed by atoms with Gasteiger partial charge in [0.25, 0.3) is 11.7 Å². The van der Waals surface area contributed by atoms with Crippen molar-refractivity contribution in [2.45, 2.75) is 19.8 Å². The fourth-order valence-electron chi connectivity index (χ4n) is 2.72. The van der Waals surface area contributed by atoms with Crippen LogP contribution in [-0.2, 0) is 0 Å². The summed E-state index contributed by atoms with van der Waals surface area (Å²) in [5, 5.41) is 17.5. The standard InChI is InChI=1S/C14H18N4O3/c1-14(6-3-7-15-8-14)9-16-13-17-12-10(18(19)20)4-2-5-11(12)21-13/h2,4-5,15H,3,6-9H2,1H3,(H,16,17). The summed E-state index contributed by atoms with van der Waals surface area (Å²) in [6.07, 6.45) is 2.28. The van der Waals surface area contributed by atoms with Crippen LogP contribution >= 0.6 is 0 Å². The van der Waals surface area contributed by atoms with Gasteiger partial charge in [0.15, 0.2) is 11.1 Å². The van der Waals surface area contributed by atoms with Gasteiger partial charge in [-0.25, -0.2) is 0 Å². The molecule has 112 valence electrons. The van der Waals surface area contributed by atoms with Crippen molar-refractivity contribution in [3.05, 3.63) is 28.3 Å². The second-order valence-corrected chi connectivity index (χ2v) is 5.84. The molecule has 1 aromatic carbocycles. The molecule has 1 aliphatic heterocycles. The number of nitro groups is 1. The summed E-state index contributed by atoms with van der Waals surface area (Å²) in [6.45, 7) is 4.93. The second kappa shape index (κ2) is 5.33. The third-order valence-corrected chi connectivity index (χ3v) is 3.95. The first-order chi connectivity index (χ1) is 10.1. The zero-order valence-corrected chi connectivity index (χ0v) is 11.9. The Kier molecular flexibility index (Phi) is 3.50. The van der Waals surface area contributed by atoms with Crippen LogP contribution in [0.2, 0.25) is 0 Å². The monoisotopic (exact) mass is 290 g/mol. The summed E-state index contributed by atoms with van der Waals surface area (Å²) in [7, 11) is 0. The predicted molar refractivity (Wildman–Crippen MR) is 79.4 cm³/mol. The van der Waals surface area contributed by atoms with Gasteiger partial charge in [-0.3, -0.25) is 10.1 Å². The quantitative estimate of drug-likeness (QED) is 0.664. The van der Waals surface area contributed by atoms with Gasteiger partial charge in [-0.05, 0) is 30.9 Å². The maximum atomic E-state index is 11.0. The minimum absolute atomic E-state index is 0.0326. The number of aromatic nitrogens is 1. The molecule has 0 aliphatic carbocycles. The normalized spacial score (nSPS) is 22.3. The summed E-state index contributed by atoms with van der Waals surface area (Å²) in [4.78, 5) is 14.7. The van der Waals surface area contributed by atoms with Crippen molar-refractivity contribution in [2.24, 2.45) is 5.41 Å². The fourth-order valence-corrected chi connectivity index (χ4v) is 2.72. The lowest BCUT2D eigenvalue weighted by Crippen LogP contribution is -2.42. The maximum Gasteiger partial charge on any atom is 0.298 e. The molecule has 1 aromatic heterocycles. The number of fused-ring (bicyclic) bond motifs is 1. The summed E-state index contributed by atoms with van der Waals surface area (Å²) in [5.41, 5.74) is 0.829. The first kappa shape index (κ1) is 13.8. The van der Waals surface area contributed by atoms with Crippen LogP contribution in [0, 0.1) is 15.5 Å². The highest BCUT2D eigenvalue weighted by atomic mass is 16.6. The Hall–Kier alpha value is -2.15. The number of hydrogen-bond donors (Lipinski definition) is 2. The number of para-hydroxylation sites is 1. The largest absolute Gasteiger partial charge is 0.423 e. The van der Waals surface area contributed by atoms with E-state index < -0.39 is 4.92 Å². The Morgan fingerprint density at radius 2 is 2.43 bits per heavy atom. The predicted octanol–water partition coefficient (Wildman–Crippen LogP) is 2.54. The van der Waals surface area contributed by atoms with Crippen LogP contribution in [-0.4, -0.2) is 29.5 Å². The van der Waals surface area contributed by atoms with E-state index in [1.54, 1.807) is 12.1 Å². The van der Waals surface area contributed by atoms with Crippen LogP contribution in [0.1, 0.15) is 19.8 Å². The molecule has 21 heavy (non-hydrogen) atoms. The number of hydrogen-bond acceptors (Lipinski definition) is 6. The third-order valence-electron chi connectivity index (χ3n) is 3.95. The van der Waals surface area contributed by atoms with Crippen molar-refractivity contribution in [3.63, 3.8) is 0 Å². The first-order valence-corrected chi connectivity index (χ1v) is 7.06. The van der Waals surface area contributed by atoms with Gasteiger partial charge in [-0.1, -0.05) is 13.0 Å². The molecule has 1 aliphatic rings. The lowest BCUT2D eigenvalue weighted by Gasteiger charge is -2.33. The number of anilines is 1. The van der Waals surface area contributed by atoms with E-state index in [0.717, 1.165) is 32.5 Å². The van der Waals surface area contributed by atoms with E-state index in [-0.39, 0.29) is 16.6 Å². The average Bonchev–Trinajstić information content (AvgIpc) is 2.88. The van der Waals surface area contributed by atoms with Gasteiger partial charge in [-0.2, -0.15) is 4.98 Å². The zero-order chi connectivity index (χ0) is 14.9. The third kappa shape index (κ3) is 2.82. The Morgan fingerprint density at radius 3 is 3.14 bits per heavy atom. The van der Waals surface area contributed by atoms with Crippen molar-refractivity contribution in [1.82, 2.24) is 10.3 Å². The van der Waals surface area contributed by atoms with Gasteiger partial charge in [0, 0.05) is 19.2 Å². The number of piperidine rings is 1. The summed E-state index contributed by atoms with van der Waals surface area (Å²) in [6, 6.07) is 5.05. The molecule has 2 aromatic rings. The minimum Gasteiger partial charge on any atom is -0.423 e. The number of nitrogens with one attached hydrogen (secondary N) is 2. The van der Waals surface area contributed by atoms with Crippen LogP contribution in [0.3, 0.4) is 0 Å². The van der Waals surface area contributed by atoms with Crippen LogP contribution < -0.4 is 10.6 Å². The van der Waals surface area contributed by atoms with Crippen molar-refractivity contribution in [2.75, 3.05) is 25.0 Å². The summed E-state index contributed by atoms with van der Waals surface area (Å²) >= 11 is 0. The molecule has 7 nitrogen and oxygen atoms in total. The zero-order valence-electron chi connectivity index (χ0n) is 11.9. The minimum atomic E-state index is -0.443. The number of rotatable bonds is 4. The number of benzene rings is 1. The van der Waals surface area contributed by atoms with E-state index >= 15 is 0 Å². The molecule has 0 saturated carbocycles. The molecule has 2 heterocycles. The highest BCUT2D eigenvalue weighted by Gasteiger charge is 2.27. The molecular formula is C14H18N4O3. The van der Waals surface area contributed by atoms with Crippen LogP contribution in [0.4, 0.5) is 11.7 Å².